The van der Waals surface area contributed by atoms with Gasteiger partial charge in [0.15, 0.2) is 5.48 Å². The Morgan fingerprint density at radius 3 is 3.20 bits per heavy atom. The second kappa shape index (κ2) is 1.70. The average Bonchev–Trinajstić information content (AvgIpc) is 2.44. The Balaban J connectivity index is 3.03. The predicted molar refractivity (Wildman–Crippen MR) is 35.3 cm³/mol. The first-order valence-corrected chi connectivity index (χ1v) is 2.83. The number of aromatic nitrogens is 3. The van der Waals surface area contributed by atoms with Crippen LogP contribution in [0.2, 0.25) is 0 Å². The van der Waals surface area contributed by atoms with Crippen LogP contribution in [0, 0.1) is 0 Å². The van der Waals surface area contributed by atoms with Gasteiger partial charge in [-0.2, -0.15) is 0 Å². The zero-order valence-electron chi connectivity index (χ0n) is 5.10. The molecule has 0 amide bonds. The van der Waals surface area contributed by atoms with Crippen LogP contribution in [-0.2, 0) is 0 Å². The summed E-state index contributed by atoms with van der Waals surface area (Å²) in [6.45, 7) is 0. The molecule has 0 spiro atoms. The van der Waals surface area contributed by atoms with Crippen molar-refractivity contribution in [2.45, 2.75) is 0 Å². The largest absolute Gasteiger partial charge is 0.512 e. The van der Waals surface area contributed by atoms with Crippen molar-refractivity contribution in [3.8, 4) is 0 Å². The highest BCUT2D eigenvalue weighted by Gasteiger charge is 1.94. The van der Waals surface area contributed by atoms with E-state index in [0.29, 0.717) is 5.48 Å². The molecule has 2 rings (SSSR count). The Bertz CT molecular complexity index is 392. The second-order valence-electron chi connectivity index (χ2n) is 1.93. The molecule has 2 aromatic rings. The highest BCUT2D eigenvalue weighted by molar-refractivity contribution is 5.42. The van der Waals surface area contributed by atoms with Gasteiger partial charge in [-0.05, 0) is 0 Å². The van der Waals surface area contributed by atoms with Crippen LogP contribution in [0.4, 0.5) is 0 Å². The van der Waals surface area contributed by atoms with Gasteiger partial charge in [-0.15, -0.1) is 0 Å². The molecule has 4 nitrogen and oxygen atoms in total. The fourth-order valence-electron chi connectivity index (χ4n) is 0.882. The maximum absolute atomic E-state index is 8.61. The topological polar surface area (TPSA) is 50.4 Å². The number of hydrogen-bond donors (Lipinski definition) is 1. The van der Waals surface area contributed by atoms with Crippen molar-refractivity contribution in [2.24, 2.45) is 0 Å². The van der Waals surface area contributed by atoms with Crippen LogP contribution in [0.15, 0.2) is 18.7 Å². The third-order valence-corrected chi connectivity index (χ3v) is 1.36. The molecular formula is C6H5N3O. The third kappa shape index (κ3) is 0.500. The minimum Gasteiger partial charge on any atom is -0.512 e. The normalized spacial score (nSPS) is 13.0. The van der Waals surface area contributed by atoms with Crippen LogP contribution >= 0.6 is 0 Å². The summed E-state index contributed by atoms with van der Waals surface area (Å²) in [5.74, 6) is 0. The van der Waals surface area contributed by atoms with Gasteiger partial charge in [-0.25, -0.2) is 9.97 Å². The monoisotopic (exact) mass is 135 g/mol. The number of fused-ring (bicyclic) bond motifs is 1. The summed E-state index contributed by atoms with van der Waals surface area (Å²) >= 11 is 0. The quantitative estimate of drug-likeness (QED) is 0.541. The summed E-state index contributed by atoms with van der Waals surface area (Å²) in [6, 6.07) is 0. The van der Waals surface area contributed by atoms with Crippen LogP contribution in [0.5, 0.6) is 0 Å². The van der Waals surface area contributed by atoms with E-state index in [1.54, 1.807) is 23.1 Å². The number of nitrogens with zero attached hydrogens (tertiary/aromatic N) is 3. The van der Waals surface area contributed by atoms with Gasteiger partial charge in [0, 0.05) is 0 Å². The Morgan fingerprint density at radius 2 is 2.40 bits per heavy atom. The lowest BCUT2D eigenvalue weighted by Crippen LogP contribution is -2.09. The maximum atomic E-state index is 8.61. The molecule has 0 fully saturated rings. The minimum absolute atomic E-state index is 0.507. The predicted octanol–water partition coefficient (Wildman–Crippen LogP) is -0.256. The van der Waals surface area contributed by atoms with Crippen molar-refractivity contribution in [3.05, 3.63) is 24.2 Å². The number of aliphatic hydroxyl groups is 1. The summed E-state index contributed by atoms with van der Waals surface area (Å²) in [6.07, 6.45) is 5.88. The van der Waals surface area contributed by atoms with Crippen molar-refractivity contribution >= 4 is 11.8 Å². The van der Waals surface area contributed by atoms with Gasteiger partial charge in [0.2, 0.25) is 0 Å². The number of imidazole rings is 2. The summed E-state index contributed by atoms with van der Waals surface area (Å²) < 4.78 is 1.69. The SMILES string of the molecule is OC=c1ncc2cncn12. The molecular weight excluding hydrogens is 130 g/mol. The second-order valence-corrected chi connectivity index (χ2v) is 1.93. The van der Waals surface area contributed by atoms with E-state index in [1.165, 1.54) is 0 Å². The molecule has 0 atom stereocenters. The Labute approximate surface area is 56.4 Å². The highest BCUT2D eigenvalue weighted by atomic mass is 16.2. The molecule has 50 valence electrons. The Hall–Kier alpha value is -1.58. The standard InChI is InChI=1S/C6H5N3O/c10-3-6-8-2-5-1-7-4-9(5)6/h1-4,10H. The lowest BCUT2D eigenvalue weighted by Gasteiger charge is -1.76. The van der Waals surface area contributed by atoms with Gasteiger partial charge in [0.1, 0.15) is 12.6 Å². The molecule has 0 aliphatic carbocycles. The Morgan fingerprint density at radius 1 is 1.50 bits per heavy atom. The zero-order valence-corrected chi connectivity index (χ0v) is 5.10. The molecule has 2 heterocycles. The van der Waals surface area contributed by atoms with Crippen LogP contribution in [0.3, 0.4) is 0 Å². The summed E-state index contributed by atoms with van der Waals surface area (Å²) in [5.41, 5.74) is 1.40. The molecule has 2 aromatic heterocycles. The van der Waals surface area contributed by atoms with E-state index < -0.39 is 0 Å². The van der Waals surface area contributed by atoms with Crippen molar-refractivity contribution < 1.29 is 5.11 Å². The Kier molecular flexibility index (Phi) is 0.887. The number of rotatable bonds is 0. The molecule has 0 aliphatic heterocycles. The highest BCUT2D eigenvalue weighted by Crippen LogP contribution is 1.92. The van der Waals surface area contributed by atoms with Crippen LogP contribution in [0.25, 0.3) is 11.8 Å². The fraction of sp³-hybridized carbons (Fsp3) is 0. The lowest BCUT2D eigenvalue weighted by atomic mass is 10.7. The molecule has 4 heteroatoms. The van der Waals surface area contributed by atoms with Gasteiger partial charge in [-0.3, -0.25) is 4.40 Å². The van der Waals surface area contributed by atoms with E-state index in [2.05, 4.69) is 9.97 Å². The average molecular weight is 135 g/mol. The molecule has 0 bridgehead atoms. The first-order chi connectivity index (χ1) is 4.92. The molecule has 10 heavy (non-hydrogen) atoms. The molecule has 0 unspecified atom stereocenters. The van der Waals surface area contributed by atoms with E-state index in [4.69, 9.17) is 5.11 Å². The summed E-state index contributed by atoms with van der Waals surface area (Å²) in [5, 5.41) is 8.61. The van der Waals surface area contributed by atoms with Gasteiger partial charge >= 0.3 is 0 Å². The number of aliphatic hydroxyl groups excluding tert-OH is 1. The van der Waals surface area contributed by atoms with Gasteiger partial charge < -0.3 is 5.11 Å². The zero-order chi connectivity index (χ0) is 6.97. The molecule has 0 aliphatic rings. The van der Waals surface area contributed by atoms with Gasteiger partial charge in [0.25, 0.3) is 0 Å². The van der Waals surface area contributed by atoms with E-state index in [1.807, 2.05) is 0 Å². The first-order valence-electron chi connectivity index (χ1n) is 2.83. The van der Waals surface area contributed by atoms with E-state index in [9.17, 15) is 0 Å². The minimum atomic E-state index is 0.507. The molecule has 0 saturated heterocycles. The molecule has 0 saturated carbocycles. The lowest BCUT2D eigenvalue weighted by molar-refractivity contribution is 0.535. The van der Waals surface area contributed by atoms with Gasteiger partial charge in [-0.1, -0.05) is 0 Å². The smallest absolute Gasteiger partial charge is 0.173 e. The summed E-state index contributed by atoms with van der Waals surface area (Å²) in [4.78, 5) is 7.75. The maximum Gasteiger partial charge on any atom is 0.173 e. The van der Waals surface area contributed by atoms with Crippen molar-refractivity contribution in [1.29, 1.82) is 0 Å². The van der Waals surface area contributed by atoms with Crippen LogP contribution in [0.1, 0.15) is 0 Å². The third-order valence-electron chi connectivity index (χ3n) is 1.36. The molecule has 0 aromatic carbocycles. The van der Waals surface area contributed by atoms with Crippen LogP contribution in [-0.4, -0.2) is 19.5 Å². The van der Waals surface area contributed by atoms with Crippen LogP contribution < -0.4 is 5.48 Å². The first kappa shape index (κ1) is 5.22. The summed E-state index contributed by atoms with van der Waals surface area (Å²) in [7, 11) is 0. The van der Waals surface area contributed by atoms with E-state index in [0.717, 1.165) is 11.8 Å². The van der Waals surface area contributed by atoms with Crippen molar-refractivity contribution in [1.82, 2.24) is 14.4 Å². The van der Waals surface area contributed by atoms with E-state index >= 15 is 0 Å². The number of hydrogen-bond acceptors (Lipinski definition) is 3. The molecule has 0 radical (unpaired) electrons. The van der Waals surface area contributed by atoms with Gasteiger partial charge in [0.05, 0.1) is 17.9 Å². The van der Waals surface area contributed by atoms with Crippen molar-refractivity contribution in [2.75, 3.05) is 0 Å². The molecule has 1 N–H and O–H groups in total. The van der Waals surface area contributed by atoms with E-state index in [-0.39, 0.29) is 0 Å². The van der Waals surface area contributed by atoms with Crippen molar-refractivity contribution in [3.63, 3.8) is 0 Å². The fourth-order valence-corrected chi connectivity index (χ4v) is 0.882.